The third-order valence-corrected chi connectivity index (χ3v) is 3.59. The summed E-state index contributed by atoms with van der Waals surface area (Å²) in [5, 5.41) is 8.84. The highest BCUT2D eigenvalue weighted by Gasteiger charge is 2.24. The molecule has 1 aliphatic heterocycles. The van der Waals surface area contributed by atoms with E-state index in [9.17, 15) is 0 Å². The summed E-state index contributed by atoms with van der Waals surface area (Å²) >= 11 is 0. The summed E-state index contributed by atoms with van der Waals surface area (Å²) in [6.45, 7) is 5.45. The normalized spacial score (nSPS) is 24.5. The van der Waals surface area contributed by atoms with E-state index in [0.717, 1.165) is 38.9 Å². The lowest BCUT2D eigenvalue weighted by Gasteiger charge is -2.37. The van der Waals surface area contributed by atoms with Crippen molar-refractivity contribution in [2.45, 2.75) is 44.9 Å². The molecule has 0 saturated carbocycles. The molecule has 0 bridgehead atoms. The zero-order valence-electron chi connectivity index (χ0n) is 11.8. The zero-order chi connectivity index (χ0) is 13.5. The van der Waals surface area contributed by atoms with E-state index in [4.69, 9.17) is 9.84 Å². The molecule has 1 aromatic rings. The maximum absolute atomic E-state index is 8.84. The van der Waals surface area contributed by atoms with Crippen LogP contribution in [0.15, 0.2) is 30.3 Å². The first-order valence-electron chi connectivity index (χ1n) is 7.30. The molecular formula is C16H25NO2. The van der Waals surface area contributed by atoms with Crippen molar-refractivity contribution in [3.8, 4) is 0 Å². The molecule has 3 nitrogen and oxygen atoms in total. The van der Waals surface area contributed by atoms with E-state index in [1.165, 1.54) is 5.56 Å². The molecule has 1 heterocycles. The Kier molecular flexibility index (Phi) is 5.83. The summed E-state index contributed by atoms with van der Waals surface area (Å²) in [7, 11) is 0. The van der Waals surface area contributed by atoms with E-state index >= 15 is 0 Å². The van der Waals surface area contributed by atoms with Gasteiger partial charge in [-0.3, -0.25) is 4.90 Å². The number of aliphatic hydroxyl groups excluding tert-OH is 1. The Bertz CT molecular complexity index is 355. The first-order chi connectivity index (χ1) is 9.28. The average Bonchev–Trinajstić information content (AvgIpc) is 2.39. The summed E-state index contributed by atoms with van der Waals surface area (Å²) in [4.78, 5) is 2.48. The molecule has 0 aliphatic carbocycles. The standard InChI is InChI=1S/C16H25NO2/c1-14-11-17(12-15-7-3-2-4-8-15)13-16(19-14)9-5-6-10-18/h2-4,7-8,14,16,18H,5-6,9-13H2,1H3/t14-,16-/m1/s1. The Morgan fingerprint density at radius 1 is 1.21 bits per heavy atom. The number of nitrogens with zero attached hydrogens (tertiary/aromatic N) is 1. The third-order valence-electron chi connectivity index (χ3n) is 3.59. The number of benzene rings is 1. The molecule has 2 atom stereocenters. The smallest absolute Gasteiger partial charge is 0.0706 e. The predicted octanol–water partition coefficient (Wildman–Crippen LogP) is 2.44. The lowest BCUT2D eigenvalue weighted by molar-refractivity contribution is -0.0828. The van der Waals surface area contributed by atoms with Crippen LogP contribution in [0.4, 0.5) is 0 Å². The second kappa shape index (κ2) is 7.63. The van der Waals surface area contributed by atoms with Crippen molar-refractivity contribution < 1.29 is 9.84 Å². The molecule has 3 heteroatoms. The van der Waals surface area contributed by atoms with Crippen LogP contribution >= 0.6 is 0 Å². The van der Waals surface area contributed by atoms with E-state index in [0.29, 0.717) is 12.2 Å². The largest absolute Gasteiger partial charge is 0.396 e. The quantitative estimate of drug-likeness (QED) is 0.800. The lowest BCUT2D eigenvalue weighted by atomic mass is 10.1. The van der Waals surface area contributed by atoms with Gasteiger partial charge in [-0.15, -0.1) is 0 Å². The fourth-order valence-electron chi connectivity index (χ4n) is 2.75. The predicted molar refractivity (Wildman–Crippen MR) is 77.0 cm³/mol. The molecule has 0 aromatic heterocycles. The third kappa shape index (κ3) is 4.94. The van der Waals surface area contributed by atoms with Crippen molar-refractivity contribution in [1.82, 2.24) is 4.90 Å². The molecule has 2 rings (SSSR count). The number of aliphatic hydroxyl groups is 1. The number of hydrogen-bond donors (Lipinski definition) is 1. The van der Waals surface area contributed by atoms with Crippen LogP contribution in [0.25, 0.3) is 0 Å². The van der Waals surface area contributed by atoms with Crippen LogP contribution in [0.3, 0.4) is 0 Å². The Morgan fingerprint density at radius 3 is 2.74 bits per heavy atom. The lowest BCUT2D eigenvalue weighted by Crippen LogP contribution is -2.46. The van der Waals surface area contributed by atoms with Crippen LogP contribution in [-0.2, 0) is 11.3 Å². The highest BCUT2D eigenvalue weighted by atomic mass is 16.5. The fourth-order valence-corrected chi connectivity index (χ4v) is 2.75. The number of hydrogen-bond acceptors (Lipinski definition) is 3. The van der Waals surface area contributed by atoms with Crippen LogP contribution in [-0.4, -0.2) is 41.9 Å². The van der Waals surface area contributed by atoms with Crippen LogP contribution in [0.5, 0.6) is 0 Å². The minimum Gasteiger partial charge on any atom is -0.396 e. The second-order valence-electron chi connectivity index (χ2n) is 5.47. The van der Waals surface area contributed by atoms with Crippen molar-refractivity contribution in [2.75, 3.05) is 19.7 Å². The van der Waals surface area contributed by atoms with Crippen molar-refractivity contribution in [2.24, 2.45) is 0 Å². The Balaban J connectivity index is 1.83. The van der Waals surface area contributed by atoms with Crippen molar-refractivity contribution in [3.05, 3.63) is 35.9 Å². The highest BCUT2D eigenvalue weighted by molar-refractivity contribution is 5.14. The van der Waals surface area contributed by atoms with Crippen molar-refractivity contribution >= 4 is 0 Å². The molecule has 1 aliphatic rings. The first kappa shape index (κ1) is 14.5. The molecule has 0 radical (unpaired) electrons. The van der Waals surface area contributed by atoms with Gasteiger partial charge >= 0.3 is 0 Å². The Morgan fingerprint density at radius 2 is 2.00 bits per heavy atom. The second-order valence-corrected chi connectivity index (χ2v) is 5.47. The molecule has 0 amide bonds. The monoisotopic (exact) mass is 263 g/mol. The summed E-state index contributed by atoms with van der Waals surface area (Å²) in [6, 6.07) is 10.6. The van der Waals surface area contributed by atoms with Crippen LogP contribution in [0.1, 0.15) is 31.7 Å². The molecule has 1 N–H and O–H groups in total. The van der Waals surface area contributed by atoms with E-state index in [1.807, 2.05) is 0 Å². The molecular weight excluding hydrogens is 238 g/mol. The van der Waals surface area contributed by atoms with Gasteiger partial charge in [0, 0.05) is 26.2 Å². The van der Waals surface area contributed by atoms with Gasteiger partial charge in [0.05, 0.1) is 12.2 Å². The van der Waals surface area contributed by atoms with E-state index in [-0.39, 0.29) is 6.61 Å². The SMILES string of the molecule is C[C@@H]1CN(Cc2ccccc2)C[C@@H](CCCCO)O1. The highest BCUT2D eigenvalue weighted by Crippen LogP contribution is 2.18. The summed E-state index contributed by atoms with van der Waals surface area (Å²) in [5.41, 5.74) is 1.37. The number of ether oxygens (including phenoxy) is 1. The Hall–Kier alpha value is -0.900. The van der Waals surface area contributed by atoms with Gasteiger partial charge in [0.15, 0.2) is 0 Å². The summed E-state index contributed by atoms with van der Waals surface area (Å²) in [6.07, 6.45) is 3.60. The van der Waals surface area contributed by atoms with Crippen molar-refractivity contribution in [1.29, 1.82) is 0 Å². The molecule has 0 spiro atoms. The number of unbranched alkanes of at least 4 members (excludes halogenated alkanes) is 1. The minimum absolute atomic E-state index is 0.288. The number of rotatable bonds is 6. The maximum atomic E-state index is 8.84. The van der Waals surface area contributed by atoms with Gasteiger partial charge in [0.2, 0.25) is 0 Å². The van der Waals surface area contributed by atoms with Crippen LogP contribution < -0.4 is 0 Å². The summed E-state index contributed by atoms with van der Waals surface area (Å²) in [5.74, 6) is 0. The Labute approximate surface area is 116 Å². The molecule has 106 valence electrons. The van der Waals surface area contributed by atoms with Gasteiger partial charge in [-0.1, -0.05) is 30.3 Å². The summed E-state index contributed by atoms with van der Waals surface area (Å²) < 4.78 is 5.98. The van der Waals surface area contributed by atoms with Gasteiger partial charge in [-0.2, -0.15) is 0 Å². The fraction of sp³-hybridized carbons (Fsp3) is 0.625. The molecule has 19 heavy (non-hydrogen) atoms. The topological polar surface area (TPSA) is 32.7 Å². The van der Waals surface area contributed by atoms with Gasteiger partial charge < -0.3 is 9.84 Å². The average molecular weight is 263 g/mol. The van der Waals surface area contributed by atoms with E-state index in [2.05, 4.69) is 42.2 Å². The van der Waals surface area contributed by atoms with E-state index < -0.39 is 0 Å². The molecule has 1 saturated heterocycles. The van der Waals surface area contributed by atoms with Crippen LogP contribution in [0.2, 0.25) is 0 Å². The number of morpholine rings is 1. The van der Waals surface area contributed by atoms with Gasteiger partial charge in [0.25, 0.3) is 0 Å². The van der Waals surface area contributed by atoms with Gasteiger partial charge in [-0.05, 0) is 31.7 Å². The zero-order valence-corrected chi connectivity index (χ0v) is 11.8. The van der Waals surface area contributed by atoms with E-state index in [1.54, 1.807) is 0 Å². The molecule has 0 unspecified atom stereocenters. The van der Waals surface area contributed by atoms with Crippen molar-refractivity contribution in [3.63, 3.8) is 0 Å². The minimum atomic E-state index is 0.288. The molecule has 1 fully saturated rings. The maximum Gasteiger partial charge on any atom is 0.0706 e. The van der Waals surface area contributed by atoms with Gasteiger partial charge in [0.1, 0.15) is 0 Å². The van der Waals surface area contributed by atoms with Gasteiger partial charge in [-0.25, -0.2) is 0 Å². The van der Waals surface area contributed by atoms with Crippen LogP contribution in [0, 0.1) is 0 Å². The first-order valence-corrected chi connectivity index (χ1v) is 7.30. The molecule has 1 aromatic carbocycles.